The van der Waals surface area contributed by atoms with Crippen LogP contribution in [0.1, 0.15) is 51.6 Å². The highest BCUT2D eigenvalue weighted by Crippen LogP contribution is 2.38. The number of aromatic nitrogens is 2. The van der Waals surface area contributed by atoms with Crippen LogP contribution in [0, 0.1) is 5.82 Å². The number of piperazine rings is 1. The number of rotatable bonds is 7. The van der Waals surface area contributed by atoms with Gasteiger partial charge in [-0.15, -0.1) is 0 Å². The van der Waals surface area contributed by atoms with Gasteiger partial charge in [-0.3, -0.25) is 0 Å². The van der Waals surface area contributed by atoms with Crippen molar-refractivity contribution in [3.63, 3.8) is 0 Å². The molecule has 0 aliphatic carbocycles. The molecule has 0 amide bonds. The Morgan fingerprint density at radius 2 is 1.85 bits per heavy atom. The summed E-state index contributed by atoms with van der Waals surface area (Å²) >= 11 is 0. The van der Waals surface area contributed by atoms with Gasteiger partial charge in [-0.05, 0) is 75.9 Å². The second-order valence-electron chi connectivity index (χ2n) is 11.1. The molecular weight excluding hydrogens is 531 g/mol. The van der Waals surface area contributed by atoms with Gasteiger partial charge in [0.2, 0.25) is 16.0 Å². The summed E-state index contributed by atoms with van der Waals surface area (Å²) in [4.78, 5) is 13.5. The summed E-state index contributed by atoms with van der Waals surface area (Å²) in [6, 6.07) is 7.16. The molecule has 4 aliphatic heterocycles. The van der Waals surface area contributed by atoms with Gasteiger partial charge in [-0.25, -0.2) is 22.8 Å². The lowest BCUT2D eigenvalue weighted by Crippen LogP contribution is -2.47. The number of nitrogens with zero attached hydrogens (tertiary/aromatic N) is 5. The van der Waals surface area contributed by atoms with Crippen LogP contribution in [-0.4, -0.2) is 84.0 Å². The first-order chi connectivity index (χ1) is 19.3. The second-order valence-corrected chi connectivity index (χ2v) is 13.0. The second kappa shape index (κ2) is 10.8. The number of likely N-dealkylation sites (N-methyl/N-ethyl adjacent to an activating group) is 1. The third-order valence-electron chi connectivity index (χ3n) is 8.83. The van der Waals surface area contributed by atoms with Crippen molar-refractivity contribution in [3.8, 4) is 0 Å². The number of hydrogen-bond donors (Lipinski definition) is 1. The van der Waals surface area contributed by atoms with Crippen LogP contribution in [0.4, 0.5) is 16.0 Å². The summed E-state index contributed by atoms with van der Waals surface area (Å²) in [5.41, 5.74) is 4.15. The Morgan fingerprint density at radius 3 is 2.50 bits per heavy atom. The molecule has 5 heterocycles. The molecule has 4 aliphatic rings. The molecule has 0 spiro atoms. The Kier molecular flexibility index (Phi) is 7.41. The van der Waals surface area contributed by atoms with Crippen LogP contribution < -0.4 is 5.32 Å². The van der Waals surface area contributed by atoms with Crippen LogP contribution in [0.5, 0.6) is 0 Å². The number of allylic oxidation sites excluding steroid dienone is 3. The number of halogens is 1. The van der Waals surface area contributed by atoms with Gasteiger partial charge in [-0.1, -0.05) is 13.0 Å². The first-order valence-corrected chi connectivity index (χ1v) is 15.6. The molecule has 0 unspecified atom stereocenters. The van der Waals surface area contributed by atoms with Gasteiger partial charge in [-0.2, -0.15) is 4.31 Å². The maximum atomic E-state index is 15.2. The number of hydrogen-bond acceptors (Lipinski definition) is 8. The first kappa shape index (κ1) is 27.3. The topological polar surface area (TPSA) is 90.9 Å². The summed E-state index contributed by atoms with van der Waals surface area (Å²) < 4.78 is 49.0. The van der Waals surface area contributed by atoms with Crippen molar-refractivity contribution in [2.75, 3.05) is 38.7 Å². The number of benzene rings is 1. The maximum Gasteiger partial charge on any atom is 0.243 e. The molecule has 3 saturated heterocycles. The van der Waals surface area contributed by atoms with E-state index in [1.54, 1.807) is 28.6 Å². The number of ether oxygens (including phenoxy) is 1. The molecule has 0 saturated carbocycles. The molecule has 3 fully saturated rings. The van der Waals surface area contributed by atoms with Gasteiger partial charge in [0.15, 0.2) is 5.82 Å². The van der Waals surface area contributed by atoms with E-state index in [2.05, 4.69) is 45.0 Å². The number of anilines is 2. The van der Waals surface area contributed by atoms with E-state index >= 15 is 4.39 Å². The minimum absolute atomic E-state index is 0.0329. The minimum Gasteiger partial charge on any atom is -0.381 e. The van der Waals surface area contributed by atoms with E-state index in [4.69, 9.17) is 4.74 Å². The number of nitrogens with one attached hydrogen (secondary N) is 1. The monoisotopic (exact) mass is 568 g/mol. The fourth-order valence-corrected chi connectivity index (χ4v) is 8.21. The fraction of sp³-hybridized carbons (Fsp3) is 0.517. The Balaban J connectivity index is 1.22. The van der Waals surface area contributed by atoms with E-state index in [0.29, 0.717) is 31.5 Å². The quantitative estimate of drug-likeness (QED) is 0.528. The summed E-state index contributed by atoms with van der Waals surface area (Å²) in [5.74, 6) is -0.226. The lowest BCUT2D eigenvalue weighted by molar-refractivity contribution is 0.0591. The van der Waals surface area contributed by atoms with Gasteiger partial charge in [0.25, 0.3) is 0 Å². The Morgan fingerprint density at radius 1 is 1.10 bits per heavy atom. The lowest BCUT2D eigenvalue weighted by Gasteiger charge is -2.41. The van der Waals surface area contributed by atoms with Crippen LogP contribution >= 0.6 is 0 Å². The average Bonchev–Trinajstić information content (AvgIpc) is 3.55. The molecule has 6 rings (SSSR count). The SMILES string of the molecule is CCC1=C(C)N(C2CCOCC2)C(c2nc(Nc3ccc(S(=O)(=O)N4C[C@@H]5C[C@H]4CN5C)cc3)ncc2F)=CC1. The van der Waals surface area contributed by atoms with Gasteiger partial charge in [0.05, 0.1) is 16.8 Å². The van der Waals surface area contributed by atoms with Gasteiger partial charge < -0.3 is 19.9 Å². The van der Waals surface area contributed by atoms with Crippen molar-refractivity contribution in [2.45, 2.75) is 69.0 Å². The Labute approximate surface area is 235 Å². The van der Waals surface area contributed by atoms with E-state index in [1.807, 2.05) is 7.05 Å². The highest BCUT2D eigenvalue weighted by molar-refractivity contribution is 7.89. The summed E-state index contributed by atoms with van der Waals surface area (Å²) in [6.07, 6.45) is 7.59. The smallest absolute Gasteiger partial charge is 0.243 e. The molecule has 9 nitrogen and oxygen atoms in total. The molecule has 1 N–H and O–H groups in total. The van der Waals surface area contributed by atoms with Crippen molar-refractivity contribution >= 4 is 27.4 Å². The third kappa shape index (κ3) is 4.93. The van der Waals surface area contributed by atoms with E-state index < -0.39 is 15.8 Å². The van der Waals surface area contributed by atoms with Crippen LogP contribution in [-0.2, 0) is 14.8 Å². The number of sulfonamides is 1. The van der Waals surface area contributed by atoms with E-state index in [-0.39, 0.29) is 28.6 Å². The summed E-state index contributed by atoms with van der Waals surface area (Å²) in [5, 5.41) is 3.14. The van der Waals surface area contributed by atoms with Crippen LogP contribution in [0.15, 0.2) is 52.7 Å². The number of likely N-dealkylation sites (tertiary alicyclic amines) is 1. The molecule has 11 heteroatoms. The van der Waals surface area contributed by atoms with E-state index in [0.717, 1.165) is 50.0 Å². The first-order valence-electron chi connectivity index (χ1n) is 14.1. The maximum absolute atomic E-state index is 15.2. The number of fused-ring (bicyclic) bond motifs is 2. The predicted molar refractivity (Wildman–Crippen MR) is 152 cm³/mol. The fourth-order valence-electron chi connectivity index (χ4n) is 6.55. The molecule has 2 atom stereocenters. The molecule has 1 aromatic carbocycles. The zero-order chi connectivity index (χ0) is 28.0. The predicted octanol–water partition coefficient (Wildman–Crippen LogP) is 4.35. The van der Waals surface area contributed by atoms with E-state index in [1.165, 1.54) is 11.8 Å². The van der Waals surface area contributed by atoms with Gasteiger partial charge >= 0.3 is 0 Å². The van der Waals surface area contributed by atoms with Crippen molar-refractivity contribution in [1.82, 2.24) is 24.1 Å². The van der Waals surface area contributed by atoms with Crippen molar-refractivity contribution in [1.29, 1.82) is 0 Å². The van der Waals surface area contributed by atoms with Gasteiger partial charge in [0, 0.05) is 55.8 Å². The highest BCUT2D eigenvalue weighted by atomic mass is 32.2. The van der Waals surface area contributed by atoms with Gasteiger partial charge in [0.1, 0.15) is 5.69 Å². The molecule has 2 bridgehead atoms. The summed E-state index contributed by atoms with van der Waals surface area (Å²) in [6.45, 7) is 6.93. The minimum atomic E-state index is -3.57. The molecule has 40 heavy (non-hydrogen) atoms. The summed E-state index contributed by atoms with van der Waals surface area (Å²) in [7, 11) is -1.52. The molecule has 1 aromatic heterocycles. The average molecular weight is 569 g/mol. The zero-order valence-corrected chi connectivity index (χ0v) is 24.1. The van der Waals surface area contributed by atoms with Crippen molar-refractivity contribution in [3.05, 3.63) is 59.3 Å². The largest absolute Gasteiger partial charge is 0.381 e. The molecule has 0 radical (unpaired) electrons. The Hall–Kier alpha value is -2.86. The van der Waals surface area contributed by atoms with Crippen molar-refractivity contribution in [2.24, 2.45) is 0 Å². The normalized spacial score (nSPS) is 24.6. The molecule has 214 valence electrons. The standard InChI is InChI=1S/C29H37FN6O3S/c1-4-20-5-10-27(36(19(20)2)22-11-13-39-14-12-22)28-26(30)16-31-29(33-28)32-21-6-8-25(9-7-21)40(37,38)35-18-23-15-24(35)17-34(23)3/h6-10,16,22-24H,4-5,11-15,17-18H2,1-3H3,(H,31,32,33)/t23-,24-/m0/s1. The van der Waals surface area contributed by atoms with Crippen LogP contribution in [0.25, 0.3) is 5.70 Å². The highest BCUT2D eigenvalue weighted by Gasteiger charge is 2.47. The lowest BCUT2D eigenvalue weighted by atomic mass is 9.96. The molecule has 2 aromatic rings. The Bertz CT molecular complexity index is 1440. The van der Waals surface area contributed by atoms with Crippen molar-refractivity contribution < 1.29 is 17.5 Å². The van der Waals surface area contributed by atoms with Crippen LogP contribution in [0.3, 0.4) is 0 Å². The van der Waals surface area contributed by atoms with Crippen LogP contribution in [0.2, 0.25) is 0 Å². The third-order valence-corrected chi connectivity index (χ3v) is 10.8. The zero-order valence-electron chi connectivity index (χ0n) is 23.3. The molecular formula is C29H37FN6O3S. The van der Waals surface area contributed by atoms with E-state index in [9.17, 15) is 8.42 Å².